The third-order valence-electron chi connectivity index (χ3n) is 3.70. The summed E-state index contributed by atoms with van der Waals surface area (Å²) in [6.07, 6.45) is 3.30. The molecule has 0 radical (unpaired) electrons. The zero-order valence-corrected chi connectivity index (χ0v) is 12.0. The van der Waals surface area contributed by atoms with Crippen LogP contribution in [0.15, 0.2) is 42.5 Å². The second-order valence-corrected chi connectivity index (χ2v) is 5.36. The third-order valence-corrected chi connectivity index (χ3v) is 3.70. The van der Waals surface area contributed by atoms with Crippen molar-refractivity contribution in [1.29, 1.82) is 0 Å². The van der Waals surface area contributed by atoms with Crippen LogP contribution in [0, 0.1) is 0 Å². The molecule has 3 nitrogen and oxygen atoms in total. The Morgan fingerprint density at radius 1 is 1.10 bits per heavy atom. The van der Waals surface area contributed by atoms with Crippen LogP contribution in [0.3, 0.4) is 0 Å². The first kappa shape index (κ1) is 13.7. The Labute approximate surface area is 124 Å². The predicted octanol–water partition coefficient (Wildman–Crippen LogP) is 3.96. The molecule has 0 saturated heterocycles. The van der Waals surface area contributed by atoms with E-state index in [9.17, 15) is 4.79 Å². The molecule has 21 heavy (non-hydrogen) atoms. The largest absolute Gasteiger partial charge is 0.497 e. The van der Waals surface area contributed by atoms with E-state index in [1.807, 2.05) is 36.4 Å². The van der Waals surface area contributed by atoms with Crippen LogP contribution in [0.4, 0.5) is 0 Å². The average molecular weight is 282 g/mol. The minimum Gasteiger partial charge on any atom is -0.497 e. The molecule has 1 aliphatic carbocycles. The smallest absolute Gasteiger partial charge is 0.150 e. The molecule has 2 aromatic carbocycles. The van der Waals surface area contributed by atoms with Gasteiger partial charge in [0.05, 0.1) is 7.11 Å². The van der Waals surface area contributed by atoms with E-state index >= 15 is 0 Å². The van der Waals surface area contributed by atoms with Crippen LogP contribution >= 0.6 is 0 Å². The molecule has 1 saturated carbocycles. The van der Waals surface area contributed by atoms with E-state index in [0.717, 1.165) is 23.3 Å². The minimum atomic E-state index is 0.483. The summed E-state index contributed by atoms with van der Waals surface area (Å²) >= 11 is 0. The van der Waals surface area contributed by atoms with E-state index in [0.29, 0.717) is 18.1 Å². The summed E-state index contributed by atoms with van der Waals surface area (Å²) in [7, 11) is 1.65. The van der Waals surface area contributed by atoms with Crippen molar-refractivity contribution in [2.24, 2.45) is 0 Å². The lowest BCUT2D eigenvalue weighted by molar-refractivity contribution is 0.112. The quantitative estimate of drug-likeness (QED) is 0.752. The van der Waals surface area contributed by atoms with E-state index in [-0.39, 0.29) is 0 Å². The Kier molecular flexibility index (Phi) is 3.91. The highest BCUT2D eigenvalue weighted by molar-refractivity contribution is 5.76. The summed E-state index contributed by atoms with van der Waals surface area (Å²) in [6.45, 7) is 0.483. The van der Waals surface area contributed by atoms with Gasteiger partial charge in [0, 0.05) is 5.56 Å². The zero-order valence-electron chi connectivity index (χ0n) is 12.0. The van der Waals surface area contributed by atoms with Crippen LogP contribution in [0.2, 0.25) is 0 Å². The first-order chi connectivity index (χ1) is 10.3. The van der Waals surface area contributed by atoms with E-state index in [1.165, 1.54) is 18.4 Å². The molecule has 1 fully saturated rings. The molecule has 3 rings (SSSR count). The molecule has 108 valence electrons. The van der Waals surface area contributed by atoms with Crippen molar-refractivity contribution in [2.45, 2.75) is 25.4 Å². The maximum absolute atomic E-state index is 11.0. The second kappa shape index (κ2) is 6.00. The van der Waals surface area contributed by atoms with Crippen LogP contribution in [0.25, 0.3) is 0 Å². The normalized spacial score (nSPS) is 13.8. The summed E-state index contributed by atoms with van der Waals surface area (Å²) in [5.41, 5.74) is 2.97. The van der Waals surface area contributed by atoms with Crippen molar-refractivity contribution in [3.63, 3.8) is 0 Å². The molecule has 2 aromatic rings. The van der Waals surface area contributed by atoms with Crippen molar-refractivity contribution >= 4 is 6.29 Å². The lowest BCUT2D eigenvalue weighted by atomic mass is 10.1. The molecule has 0 amide bonds. The number of hydrogen-bond donors (Lipinski definition) is 0. The molecule has 0 unspecified atom stereocenters. The van der Waals surface area contributed by atoms with Crippen LogP contribution < -0.4 is 9.47 Å². The second-order valence-electron chi connectivity index (χ2n) is 5.36. The summed E-state index contributed by atoms with van der Waals surface area (Å²) in [4.78, 5) is 11.0. The highest BCUT2D eigenvalue weighted by Gasteiger charge is 2.24. The van der Waals surface area contributed by atoms with Crippen LogP contribution in [0.1, 0.15) is 40.2 Å². The molecule has 0 spiro atoms. The predicted molar refractivity (Wildman–Crippen MR) is 81.1 cm³/mol. The van der Waals surface area contributed by atoms with Gasteiger partial charge in [-0.3, -0.25) is 4.79 Å². The standard InChI is InChI=1S/C18H18O3/c1-20-17-6-2-13(3-7-17)12-21-18-9-14(11-19)8-16(10-18)15-4-5-15/h2-3,6-11,15H,4-5,12H2,1H3. The van der Waals surface area contributed by atoms with Crippen molar-refractivity contribution in [3.05, 3.63) is 59.2 Å². The monoisotopic (exact) mass is 282 g/mol. The summed E-state index contributed by atoms with van der Waals surface area (Å²) in [6, 6.07) is 13.6. The van der Waals surface area contributed by atoms with Crippen molar-refractivity contribution < 1.29 is 14.3 Å². The number of carbonyl (C=O) groups excluding carboxylic acids is 1. The molecule has 1 aliphatic rings. The number of carbonyl (C=O) groups is 1. The molecule has 3 heteroatoms. The van der Waals surface area contributed by atoms with Gasteiger partial charge >= 0.3 is 0 Å². The Hall–Kier alpha value is -2.29. The summed E-state index contributed by atoms with van der Waals surface area (Å²) < 4.78 is 11.0. The summed E-state index contributed by atoms with van der Waals surface area (Å²) in [5, 5.41) is 0. The first-order valence-corrected chi connectivity index (χ1v) is 7.14. The van der Waals surface area contributed by atoms with Gasteiger partial charge in [0.1, 0.15) is 24.4 Å². The van der Waals surface area contributed by atoms with E-state index < -0.39 is 0 Å². The van der Waals surface area contributed by atoms with Crippen molar-refractivity contribution in [3.8, 4) is 11.5 Å². The molecule has 0 aromatic heterocycles. The number of hydrogen-bond acceptors (Lipinski definition) is 3. The van der Waals surface area contributed by atoms with Gasteiger partial charge in [0.2, 0.25) is 0 Å². The number of rotatable bonds is 6. The van der Waals surface area contributed by atoms with Gasteiger partial charge in [-0.2, -0.15) is 0 Å². The molecule has 0 atom stereocenters. The fourth-order valence-electron chi connectivity index (χ4n) is 2.34. The fraction of sp³-hybridized carbons (Fsp3) is 0.278. The Morgan fingerprint density at radius 3 is 2.48 bits per heavy atom. The Bertz CT molecular complexity index is 627. The Morgan fingerprint density at radius 2 is 1.86 bits per heavy atom. The first-order valence-electron chi connectivity index (χ1n) is 7.14. The van der Waals surface area contributed by atoms with Gasteiger partial charge in [0.15, 0.2) is 0 Å². The number of ether oxygens (including phenoxy) is 2. The number of benzene rings is 2. The lowest BCUT2D eigenvalue weighted by Gasteiger charge is -2.09. The third kappa shape index (κ3) is 3.43. The maximum Gasteiger partial charge on any atom is 0.150 e. The Balaban J connectivity index is 1.71. The van der Waals surface area contributed by atoms with Gasteiger partial charge in [-0.05, 0) is 60.2 Å². The number of methoxy groups -OCH3 is 1. The van der Waals surface area contributed by atoms with Crippen LogP contribution in [-0.2, 0) is 6.61 Å². The minimum absolute atomic E-state index is 0.483. The van der Waals surface area contributed by atoms with Gasteiger partial charge in [-0.15, -0.1) is 0 Å². The fourth-order valence-corrected chi connectivity index (χ4v) is 2.34. The van der Waals surface area contributed by atoms with E-state index in [2.05, 4.69) is 0 Å². The van der Waals surface area contributed by atoms with Crippen LogP contribution in [0.5, 0.6) is 11.5 Å². The molecule has 0 heterocycles. The topological polar surface area (TPSA) is 35.5 Å². The highest BCUT2D eigenvalue weighted by Crippen LogP contribution is 2.41. The van der Waals surface area contributed by atoms with Crippen molar-refractivity contribution in [1.82, 2.24) is 0 Å². The maximum atomic E-state index is 11.0. The molecule has 0 N–H and O–H groups in total. The average Bonchev–Trinajstić information content (AvgIpc) is 3.38. The van der Waals surface area contributed by atoms with Crippen molar-refractivity contribution in [2.75, 3.05) is 7.11 Å². The molecule has 0 aliphatic heterocycles. The zero-order chi connectivity index (χ0) is 14.7. The van der Waals surface area contributed by atoms with Gasteiger partial charge in [-0.25, -0.2) is 0 Å². The van der Waals surface area contributed by atoms with Gasteiger partial charge in [-0.1, -0.05) is 12.1 Å². The summed E-state index contributed by atoms with van der Waals surface area (Å²) in [5.74, 6) is 2.20. The molecular formula is C18H18O3. The lowest BCUT2D eigenvalue weighted by Crippen LogP contribution is -1.97. The van der Waals surface area contributed by atoms with Gasteiger partial charge in [0.25, 0.3) is 0 Å². The van der Waals surface area contributed by atoms with E-state index in [4.69, 9.17) is 9.47 Å². The van der Waals surface area contributed by atoms with Crippen LogP contribution in [-0.4, -0.2) is 13.4 Å². The SMILES string of the molecule is COc1ccc(COc2cc(C=O)cc(C3CC3)c2)cc1. The number of aldehydes is 1. The highest BCUT2D eigenvalue weighted by atomic mass is 16.5. The molecule has 0 bridgehead atoms. The van der Waals surface area contributed by atoms with E-state index in [1.54, 1.807) is 13.2 Å². The van der Waals surface area contributed by atoms with Gasteiger partial charge < -0.3 is 9.47 Å². The molecular weight excluding hydrogens is 264 g/mol.